The molecule has 0 bridgehead atoms. The Kier molecular flexibility index (Phi) is 4.12. The number of nitrogens with zero attached hydrogens (tertiary/aromatic N) is 3. The van der Waals surface area contributed by atoms with E-state index in [2.05, 4.69) is 20.5 Å². The number of piperidine rings is 1. The van der Waals surface area contributed by atoms with Gasteiger partial charge in [0.1, 0.15) is 10.7 Å². The van der Waals surface area contributed by atoms with E-state index in [9.17, 15) is 9.90 Å². The molecule has 118 valence electrons. The van der Waals surface area contributed by atoms with Gasteiger partial charge in [-0.3, -0.25) is 5.10 Å². The van der Waals surface area contributed by atoms with Gasteiger partial charge in [-0.15, -0.1) is 11.3 Å². The molecule has 0 spiro atoms. The van der Waals surface area contributed by atoms with Crippen molar-refractivity contribution in [2.45, 2.75) is 31.8 Å². The average molecular weight is 321 g/mol. The predicted octanol–water partition coefficient (Wildman–Crippen LogP) is 2.30. The van der Waals surface area contributed by atoms with Crippen LogP contribution in [0.4, 0.5) is 10.5 Å². The van der Waals surface area contributed by atoms with Crippen LogP contribution < -0.4 is 5.32 Å². The molecule has 22 heavy (non-hydrogen) atoms. The quantitative estimate of drug-likeness (QED) is 0.808. The highest BCUT2D eigenvalue weighted by Crippen LogP contribution is 2.28. The van der Waals surface area contributed by atoms with Crippen molar-refractivity contribution in [1.82, 2.24) is 20.1 Å². The van der Waals surface area contributed by atoms with Gasteiger partial charge in [0, 0.05) is 24.7 Å². The summed E-state index contributed by atoms with van der Waals surface area (Å²) in [5.74, 6) is 0. The van der Waals surface area contributed by atoms with Crippen molar-refractivity contribution in [3.8, 4) is 10.7 Å². The molecule has 3 N–H and O–H groups in total. The Labute approximate surface area is 132 Å². The summed E-state index contributed by atoms with van der Waals surface area (Å²) >= 11 is 1.48. The van der Waals surface area contributed by atoms with Crippen LogP contribution in [0.25, 0.3) is 10.7 Å². The molecule has 2 aromatic rings. The molecule has 2 aromatic heterocycles. The highest BCUT2D eigenvalue weighted by molar-refractivity contribution is 7.13. The molecule has 1 aliphatic rings. The smallest absolute Gasteiger partial charge is 0.321 e. The molecule has 1 fully saturated rings. The number of urea groups is 1. The lowest BCUT2D eigenvalue weighted by molar-refractivity contribution is -0.0139. The maximum atomic E-state index is 12.4. The molecule has 1 aliphatic heterocycles. The average Bonchev–Trinajstić information content (AvgIpc) is 3.18. The molecular weight excluding hydrogens is 302 g/mol. The van der Waals surface area contributed by atoms with E-state index in [0.717, 1.165) is 11.4 Å². The van der Waals surface area contributed by atoms with Crippen LogP contribution in [0.15, 0.2) is 17.8 Å². The minimum atomic E-state index is -0.627. The molecule has 0 atom stereocenters. The minimum absolute atomic E-state index is 0.169. The van der Waals surface area contributed by atoms with E-state index >= 15 is 0 Å². The highest BCUT2D eigenvalue weighted by atomic mass is 32.1. The number of carbonyl (C=O) groups excluding carboxylic acids is 1. The Balaban J connectivity index is 1.65. The van der Waals surface area contributed by atoms with Crippen molar-refractivity contribution in [3.63, 3.8) is 0 Å². The van der Waals surface area contributed by atoms with Gasteiger partial charge in [-0.05, 0) is 19.3 Å². The lowest BCUT2D eigenvalue weighted by Gasteiger charge is -2.37. The lowest BCUT2D eigenvalue weighted by Crippen LogP contribution is -2.47. The van der Waals surface area contributed by atoms with Gasteiger partial charge in [-0.1, -0.05) is 6.92 Å². The number of rotatable bonds is 3. The molecule has 3 rings (SSSR count). The molecule has 0 unspecified atom stereocenters. The maximum Gasteiger partial charge on any atom is 0.321 e. The third-order valence-corrected chi connectivity index (χ3v) is 4.96. The van der Waals surface area contributed by atoms with Crippen molar-refractivity contribution >= 4 is 23.1 Å². The Hall–Kier alpha value is -1.93. The number of thiazole rings is 1. The van der Waals surface area contributed by atoms with Gasteiger partial charge in [0.15, 0.2) is 0 Å². The first-order chi connectivity index (χ1) is 10.6. The summed E-state index contributed by atoms with van der Waals surface area (Å²) in [7, 11) is 0. The van der Waals surface area contributed by atoms with Crippen molar-refractivity contribution in [1.29, 1.82) is 0 Å². The topological polar surface area (TPSA) is 94.1 Å². The van der Waals surface area contributed by atoms with Gasteiger partial charge in [-0.25, -0.2) is 9.78 Å². The SMILES string of the molecule is CCC1(O)CCN(C(=O)Nc2cn[nH]c2-c2nccs2)CC1. The van der Waals surface area contributed by atoms with Gasteiger partial charge in [-0.2, -0.15) is 5.10 Å². The number of likely N-dealkylation sites (tertiary alicyclic amines) is 1. The number of aliphatic hydroxyl groups is 1. The molecule has 0 saturated carbocycles. The second kappa shape index (κ2) is 6.05. The first-order valence-electron chi connectivity index (χ1n) is 7.33. The van der Waals surface area contributed by atoms with E-state index in [1.807, 2.05) is 12.3 Å². The van der Waals surface area contributed by atoms with Crippen molar-refractivity contribution in [3.05, 3.63) is 17.8 Å². The maximum absolute atomic E-state index is 12.4. The van der Waals surface area contributed by atoms with Crippen LogP contribution in [0.3, 0.4) is 0 Å². The van der Waals surface area contributed by atoms with E-state index in [1.165, 1.54) is 11.3 Å². The summed E-state index contributed by atoms with van der Waals surface area (Å²) < 4.78 is 0. The monoisotopic (exact) mass is 321 g/mol. The fourth-order valence-electron chi connectivity index (χ4n) is 2.56. The fraction of sp³-hybridized carbons (Fsp3) is 0.500. The molecular formula is C14H19N5O2S. The number of hydrogen-bond acceptors (Lipinski definition) is 5. The van der Waals surface area contributed by atoms with Crippen molar-refractivity contribution in [2.24, 2.45) is 0 Å². The van der Waals surface area contributed by atoms with E-state index in [0.29, 0.717) is 37.3 Å². The first-order valence-corrected chi connectivity index (χ1v) is 8.21. The highest BCUT2D eigenvalue weighted by Gasteiger charge is 2.32. The van der Waals surface area contributed by atoms with Crippen molar-refractivity contribution < 1.29 is 9.90 Å². The van der Waals surface area contributed by atoms with Crippen LogP contribution in [0.1, 0.15) is 26.2 Å². The third-order valence-electron chi connectivity index (χ3n) is 4.17. The molecule has 1 saturated heterocycles. The molecule has 0 aromatic carbocycles. The second-order valence-corrected chi connectivity index (χ2v) is 6.39. The Morgan fingerprint density at radius 1 is 1.55 bits per heavy atom. The summed E-state index contributed by atoms with van der Waals surface area (Å²) in [5.41, 5.74) is 0.708. The zero-order valence-electron chi connectivity index (χ0n) is 12.4. The van der Waals surface area contributed by atoms with Crippen LogP contribution >= 0.6 is 11.3 Å². The third kappa shape index (κ3) is 2.97. The Morgan fingerprint density at radius 3 is 2.95 bits per heavy atom. The van der Waals surface area contributed by atoms with Crippen molar-refractivity contribution in [2.75, 3.05) is 18.4 Å². The summed E-state index contributed by atoms with van der Waals surface area (Å²) in [5, 5.41) is 22.6. The number of hydrogen-bond donors (Lipinski definition) is 3. The van der Waals surface area contributed by atoms with Crippen LogP contribution in [-0.4, -0.2) is 49.9 Å². The van der Waals surface area contributed by atoms with Crippen LogP contribution in [0.5, 0.6) is 0 Å². The number of H-pyrrole nitrogens is 1. The predicted molar refractivity (Wildman–Crippen MR) is 84.8 cm³/mol. The number of aromatic nitrogens is 3. The van der Waals surface area contributed by atoms with E-state index in [-0.39, 0.29) is 6.03 Å². The molecule has 0 aliphatic carbocycles. The van der Waals surface area contributed by atoms with Crippen LogP contribution in [-0.2, 0) is 0 Å². The summed E-state index contributed by atoms with van der Waals surface area (Å²) in [6.07, 6.45) is 5.24. The second-order valence-electron chi connectivity index (χ2n) is 5.49. The number of nitrogens with one attached hydrogen (secondary N) is 2. The molecule has 0 radical (unpaired) electrons. The van der Waals surface area contributed by atoms with Gasteiger partial charge in [0.25, 0.3) is 0 Å². The number of aromatic amines is 1. The normalized spacial score (nSPS) is 17.5. The summed E-state index contributed by atoms with van der Waals surface area (Å²) in [6, 6.07) is -0.169. The molecule has 8 heteroatoms. The summed E-state index contributed by atoms with van der Waals surface area (Å²) in [6.45, 7) is 3.09. The zero-order chi connectivity index (χ0) is 15.6. The zero-order valence-corrected chi connectivity index (χ0v) is 13.2. The minimum Gasteiger partial charge on any atom is -0.390 e. The summed E-state index contributed by atoms with van der Waals surface area (Å²) in [4.78, 5) is 18.3. The number of anilines is 1. The standard InChI is InChI=1S/C14H19N5O2S/c1-2-14(21)3-6-19(7-4-14)13(20)17-10-9-16-18-11(10)12-15-5-8-22-12/h5,8-9,21H,2-4,6-7H2,1H3,(H,16,18)(H,17,20). The Bertz CT molecular complexity index is 631. The van der Waals surface area contributed by atoms with E-state index < -0.39 is 5.60 Å². The number of amides is 2. The first kappa shape index (κ1) is 15.0. The largest absolute Gasteiger partial charge is 0.390 e. The van der Waals surface area contributed by atoms with Gasteiger partial charge in [0.2, 0.25) is 0 Å². The van der Waals surface area contributed by atoms with Gasteiger partial charge < -0.3 is 15.3 Å². The van der Waals surface area contributed by atoms with Crippen LogP contribution in [0.2, 0.25) is 0 Å². The number of carbonyl (C=O) groups is 1. The van der Waals surface area contributed by atoms with Gasteiger partial charge >= 0.3 is 6.03 Å². The van der Waals surface area contributed by atoms with Gasteiger partial charge in [0.05, 0.1) is 17.5 Å². The molecule has 7 nitrogen and oxygen atoms in total. The Morgan fingerprint density at radius 2 is 2.32 bits per heavy atom. The molecule has 3 heterocycles. The molecule has 2 amide bonds. The van der Waals surface area contributed by atoms with Crippen LogP contribution in [0, 0.1) is 0 Å². The van der Waals surface area contributed by atoms with E-state index in [4.69, 9.17) is 0 Å². The fourth-order valence-corrected chi connectivity index (χ4v) is 3.21. The van der Waals surface area contributed by atoms with E-state index in [1.54, 1.807) is 17.3 Å². The lowest BCUT2D eigenvalue weighted by atomic mass is 9.89.